The van der Waals surface area contributed by atoms with Gasteiger partial charge in [-0.15, -0.1) is 11.3 Å². The van der Waals surface area contributed by atoms with E-state index >= 15 is 0 Å². The van der Waals surface area contributed by atoms with E-state index in [-0.39, 0.29) is 0 Å². The van der Waals surface area contributed by atoms with Crippen LogP contribution >= 0.6 is 11.3 Å². The Morgan fingerprint density at radius 3 is 2.71 bits per heavy atom. The van der Waals surface area contributed by atoms with E-state index in [0.29, 0.717) is 11.0 Å². The van der Waals surface area contributed by atoms with Gasteiger partial charge in [-0.05, 0) is 23.3 Å². The molecule has 5 heteroatoms. The zero-order valence-corrected chi connectivity index (χ0v) is 12.4. The summed E-state index contributed by atoms with van der Waals surface area (Å²) in [7, 11) is 1.63. The number of aromatic nitrogens is 2. The number of thiazole rings is 1. The number of anilines is 1. The van der Waals surface area contributed by atoms with Crippen molar-refractivity contribution in [3.63, 3.8) is 0 Å². The van der Waals surface area contributed by atoms with Crippen LogP contribution in [0.3, 0.4) is 0 Å². The number of nitrogens with two attached hydrogens (primary N) is 1. The van der Waals surface area contributed by atoms with Gasteiger partial charge in [-0.3, -0.25) is 0 Å². The lowest BCUT2D eigenvalue weighted by molar-refractivity contribution is 0.399. The molecule has 0 spiro atoms. The molecular weight excluding hydrogens is 282 g/mol. The van der Waals surface area contributed by atoms with E-state index in [2.05, 4.69) is 22.1 Å². The molecule has 0 radical (unpaired) electrons. The maximum Gasteiger partial charge on any atom is 0.221 e. The van der Waals surface area contributed by atoms with Crippen molar-refractivity contribution in [2.45, 2.75) is 6.42 Å². The second kappa shape index (κ2) is 5.93. The maximum absolute atomic E-state index is 5.70. The highest BCUT2D eigenvalue weighted by Gasteiger charge is 2.11. The fraction of sp³-hybridized carbons (Fsp3) is 0.125. The highest BCUT2D eigenvalue weighted by Crippen LogP contribution is 2.31. The summed E-state index contributed by atoms with van der Waals surface area (Å²) < 4.78 is 5.36. The van der Waals surface area contributed by atoms with E-state index in [1.54, 1.807) is 13.3 Å². The van der Waals surface area contributed by atoms with Gasteiger partial charge in [-0.1, -0.05) is 24.3 Å². The minimum atomic E-state index is 0.599. The van der Waals surface area contributed by atoms with Gasteiger partial charge in [0.15, 0.2) is 5.13 Å². The Labute approximate surface area is 127 Å². The van der Waals surface area contributed by atoms with E-state index in [4.69, 9.17) is 10.5 Å². The van der Waals surface area contributed by atoms with Crippen molar-refractivity contribution in [2.24, 2.45) is 0 Å². The molecule has 0 aliphatic carbocycles. The Kier molecular flexibility index (Phi) is 3.83. The van der Waals surface area contributed by atoms with Crippen LogP contribution in [0.25, 0.3) is 11.1 Å². The van der Waals surface area contributed by atoms with Gasteiger partial charge in [0.2, 0.25) is 5.88 Å². The Balaban J connectivity index is 2.03. The quantitative estimate of drug-likeness (QED) is 0.802. The predicted octanol–water partition coefficient (Wildman–Crippen LogP) is 3.39. The molecule has 0 unspecified atom stereocenters. The molecule has 0 saturated carbocycles. The molecule has 0 bridgehead atoms. The number of methoxy groups -OCH3 is 1. The number of nitrogens with zero attached hydrogens (tertiary/aromatic N) is 2. The largest absolute Gasteiger partial charge is 0.481 e. The van der Waals surface area contributed by atoms with Crippen molar-refractivity contribution in [1.29, 1.82) is 0 Å². The Morgan fingerprint density at radius 2 is 1.95 bits per heavy atom. The monoisotopic (exact) mass is 297 g/mol. The molecule has 21 heavy (non-hydrogen) atoms. The molecule has 106 valence electrons. The fourth-order valence-corrected chi connectivity index (χ4v) is 2.86. The molecule has 1 aromatic carbocycles. The number of ether oxygens (including phenoxy) is 1. The Hall–Kier alpha value is -2.40. The summed E-state index contributed by atoms with van der Waals surface area (Å²) in [6, 6.07) is 12.1. The summed E-state index contributed by atoms with van der Waals surface area (Å²) in [6.07, 6.45) is 2.47. The van der Waals surface area contributed by atoms with Crippen molar-refractivity contribution in [3.05, 3.63) is 59.2 Å². The molecule has 2 heterocycles. The fourth-order valence-electron chi connectivity index (χ4n) is 2.29. The molecule has 2 N–H and O–H groups in total. The summed E-state index contributed by atoms with van der Waals surface area (Å²) in [4.78, 5) is 8.60. The van der Waals surface area contributed by atoms with E-state index in [9.17, 15) is 0 Å². The van der Waals surface area contributed by atoms with Gasteiger partial charge < -0.3 is 10.5 Å². The van der Waals surface area contributed by atoms with Gasteiger partial charge in [0.05, 0.1) is 12.8 Å². The van der Waals surface area contributed by atoms with Crippen LogP contribution in [0.4, 0.5) is 5.13 Å². The van der Waals surface area contributed by atoms with Crippen LogP contribution in [0.2, 0.25) is 0 Å². The van der Waals surface area contributed by atoms with Crippen molar-refractivity contribution < 1.29 is 4.74 Å². The lowest BCUT2D eigenvalue weighted by Gasteiger charge is -2.11. The third kappa shape index (κ3) is 2.87. The van der Waals surface area contributed by atoms with Crippen molar-refractivity contribution in [3.8, 4) is 17.0 Å². The van der Waals surface area contributed by atoms with Crippen LogP contribution in [0.5, 0.6) is 5.88 Å². The standard InChI is InChI=1S/C16H15N3OS/c1-20-15-14(7-4-8-18-15)13-6-3-2-5-11(13)9-12-10-21-16(17)19-12/h2-8,10H,9H2,1H3,(H2,17,19). The predicted molar refractivity (Wildman–Crippen MR) is 85.6 cm³/mol. The second-order valence-corrected chi connectivity index (χ2v) is 5.46. The van der Waals surface area contributed by atoms with E-state index in [1.807, 2.05) is 29.6 Å². The highest BCUT2D eigenvalue weighted by atomic mass is 32.1. The summed E-state index contributed by atoms with van der Waals surface area (Å²) >= 11 is 1.46. The van der Waals surface area contributed by atoms with Crippen LogP contribution in [-0.2, 0) is 6.42 Å². The molecule has 0 aliphatic rings. The first-order valence-electron chi connectivity index (χ1n) is 6.55. The molecule has 0 saturated heterocycles. The first-order chi connectivity index (χ1) is 10.3. The van der Waals surface area contributed by atoms with Crippen LogP contribution in [0.15, 0.2) is 48.0 Å². The minimum Gasteiger partial charge on any atom is -0.481 e. The van der Waals surface area contributed by atoms with Crippen LogP contribution < -0.4 is 10.5 Å². The summed E-state index contributed by atoms with van der Waals surface area (Å²) in [5.41, 5.74) is 9.95. The Bertz CT molecular complexity index is 755. The lowest BCUT2D eigenvalue weighted by Crippen LogP contribution is -1.96. The molecule has 3 aromatic rings. The first-order valence-corrected chi connectivity index (χ1v) is 7.43. The van der Waals surface area contributed by atoms with Crippen LogP contribution in [-0.4, -0.2) is 17.1 Å². The molecular formula is C16H15N3OS. The highest BCUT2D eigenvalue weighted by molar-refractivity contribution is 7.13. The molecule has 4 nitrogen and oxygen atoms in total. The molecule has 0 aliphatic heterocycles. The van der Waals surface area contributed by atoms with Crippen LogP contribution in [0, 0.1) is 0 Å². The van der Waals surface area contributed by atoms with E-state index in [0.717, 1.165) is 23.2 Å². The zero-order valence-electron chi connectivity index (χ0n) is 11.6. The second-order valence-electron chi connectivity index (χ2n) is 4.57. The van der Waals surface area contributed by atoms with Crippen molar-refractivity contribution in [1.82, 2.24) is 9.97 Å². The van der Waals surface area contributed by atoms with Gasteiger partial charge in [0, 0.05) is 23.6 Å². The maximum atomic E-state index is 5.70. The van der Waals surface area contributed by atoms with Gasteiger partial charge in [0.1, 0.15) is 0 Å². The first kappa shape index (κ1) is 13.6. The molecule has 0 atom stereocenters. The van der Waals surface area contributed by atoms with E-state index < -0.39 is 0 Å². The van der Waals surface area contributed by atoms with Gasteiger partial charge >= 0.3 is 0 Å². The number of hydrogen-bond acceptors (Lipinski definition) is 5. The minimum absolute atomic E-state index is 0.599. The third-order valence-electron chi connectivity index (χ3n) is 3.21. The van der Waals surface area contributed by atoms with Crippen molar-refractivity contribution >= 4 is 16.5 Å². The summed E-state index contributed by atoms with van der Waals surface area (Å²) in [5, 5.41) is 2.59. The van der Waals surface area contributed by atoms with Crippen LogP contribution in [0.1, 0.15) is 11.3 Å². The molecule has 0 amide bonds. The average Bonchev–Trinajstić information content (AvgIpc) is 2.93. The average molecular weight is 297 g/mol. The number of hydrogen-bond donors (Lipinski definition) is 1. The summed E-state index contributed by atoms with van der Waals surface area (Å²) in [6.45, 7) is 0. The van der Waals surface area contributed by atoms with Gasteiger partial charge in [0.25, 0.3) is 0 Å². The molecule has 0 fully saturated rings. The summed E-state index contributed by atoms with van der Waals surface area (Å²) in [5.74, 6) is 0.628. The molecule has 3 rings (SSSR count). The number of benzene rings is 1. The zero-order chi connectivity index (χ0) is 14.7. The number of nitrogen functional groups attached to an aromatic ring is 1. The topological polar surface area (TPSA) is 61.0 Å². The molecule has 2 aromatic heterocycles. The van der Waals surface area contributed by atoms with Gasteiger partial charge in [-0.2, -0.15) is 0 Å². The van der Waals surface area contributed by atoms with E-state index in [1.165, 1.54) is 16.9 Å². The van der Waals surface area contributed by atoms with Crippen molar-refractivity contribution in [2.75, 3.05) is 12.8 Å². The Morgan fingerprint density at radius 1 is 1.14 bits per heavy atom. The SMILES string of the molecule is COc1ncccc1-c1ccccc1Cc1csc(N)n1. The van der Waals surface area contributed by atoms with Gasteiger partial charge in [-0.25, -0.2) is 9.97 Å². The number of rotatable bonds is 4. The normalized spacial score (nSPS) is 10.5. The smallest absolute Gasteiger partial charge is 0.221 e. The third-order valence-corrected chi connectivity index (χ3v) is 3.94. The lowest BCUT2D eigenvalue weighted by atomic mass is 9.97. The number of pyridine rings is 1.